The zero-order valence-corrected chi connectivity index (χ0v) is 73.0. The first-order chi connectivity index (χ1) is 60.8. The van der Waals surface area contributed by atoms with Crippen LogP contribution >= 0.6 is 23.2 Å². The van der Waals surface area contributed by atoms with Gasteiger partial charge in [-0.3, -0.25) is 19.6 Å². The Morgan fingerprint density at radius 1 is 0.274 bits per heavy atom. The van der Waals surface area contributed by atoms with E-state index in [-0.39, 0.29) is 47.7 Å². The Morgan fingerprint density at radius 2 is 0.516 bits per heavy atom. The van der Waals surface area contributed by atoms with Gasteiger partial charge >= 0.3 is 0 Å². The topological polar surface area (TPSA) is 77.6 Å². The first kappa shape index (κ1) is 91.7. The number of nitrogens with zero attached hydrogens (tertiary/aromatic N) is 4. The Labute approximate surface area is 741 Å². The summed E-state index contributed by atoms with van der Waals surface area (Å²) in [6.45, 7) is 11.0. The fraction of sp³-hybridized carbons (Fsp3) is 0.327. The minimum absolute atomic E-state index is 0.0878. The monoisotopic (exact) mass is 1710 g/mol. The second-order valence-corrected chi connectivity index (χ2v) is 33.2. The Kier molecular flexibility index (Phi) is 35.9. The van der Waals surface area contributed by atoms with E-state index in [0.717, 1.165) is 170 Å². The van der Waals surface area contributed by atoms with Gasteiger partial charge in [0.15, 0.2) is 0 Å². The summed E-state index contributed by atoms with van der Waals surface area (Å²) in [5.74, 6) is 1.76. The molecule has 4 heterocycles. The van der Waals surface area contributed by atoms with Crippen molar-refractivity contribution in [2.45, 2.75) is 126 Å². The molecule has 4 fully saturated rings. The van der Waals surface area contributed by atoms with Gasteiger partial charge in [0, 0.05) is 60.4 Å². The minimum Gasteiger partial charge on any atom is -0.497 e. The van der Waals surface area contributed by atoms with E-state index in [2.05, 4.69) is 117 Å². The molecule has 16 rings (SSSR count). The summed E-state index contributed by atoms with van der Waals surface area (Å²) in [5.41, 5.74) is 13.4. The molecule has 124 heavy (non-hydrogen) atoms. The molecular weight excluding hydrogens is 1600 g/mol. The molecule has 648 valence electrons. The van der Waals surface area contributed by atoms with Crippen molar-refractivity contribution in [1.29, 1.82) is 0 Å². The van der Waals surface area contributed by atoms with Crippen molar-refractivity contribution in [3.05, 3.63) is 409 Å². The molecule has 7 atom stereocenters. The van der Waals surface area contributed by atoms with E-state index in [1.165, 1.54) is 102 Å². The van der Waals surface area contributed by atoms with Crippen LogP contribution in [0.3, 0.4) is 0 Å². The highest BCUT2D eigenvalue weighted by atomic mass is 35.5. The van der Waals surface area contributed by atoms with E-state index >= 15 is 0 Å². The van der Waals surface area contributed by atoms with Crippen molar-refractivity contribution in [2.75, 3.05) is 100 Å². The van der Waals surface area contributed by atoms with E-state index in [0.29, 0.717) is 50.6 Å². The third-order valence-electron chi connectivity index (χ3n) is 24.1. The van der Waals surface area contributed by atoms with Crippen LogP contribution in [0.5, 0.6) is 17.2 Å². The highest BCUT2D eigenvalue weighted by molar-refractivity contribution is 6.30. The largest absolute Gasteiger partial charge is 0.497 e. The number of methoxy groups -OCH3 is 3. The number of ether oxygens (including phenoxy) is 7. The molecule has 11 nitrogen and oxygen atoms in total. The molecular formula is C107H116Cl2F4N4O7. The van der Waals surface area contributed by atoms with Gasteiger partial charge in [0.05, 0.1) is 47.8 Å². The lowest BCUT2D eigenvalue weighted by atomic mass is 10.0. The molecule has 17 heteroatoms. The Hall–Kier alpha value is -9.98. The molecule has 0 amide bonds. The summed E-state index contributed by atoms with van der Waals surface area (Å²) in [5, 5.41) is 1.47. The van der Waals surface area contributed by atoms with Crippen molar-refractivity contribution in [1.82, 2.24) is 19.6 Å². The van der Waals surface area contributed by atoms with E-state index < -0.39 is 0 Å². The van der Waals surface area contributed by atoms with Gasteiger partial charge in [-0.05, 0) is 273 Å². The van der Waals surface area contributed by atoms with Crippen LogP contribution in [0.1, 0.15) is 143 Å². The molecule has 0 N–H and O–H groups in total. The molecule has 0 aliphatic carbocycles. The highest BCUT2D eigenvalue weighted by Crippen LogP contribution is 2.36. The van der Waals surface area contributed by atoms with Gasteiger partial charge in [-0.15, -0.1) is 0 Å². The third kappa shape index (κ3) is 27.8. The van der Waals surface area contributed by atoms with Crippen LogP contribution in [0.4, 0.5) is 17.6 Å². The normalized spacial score (nSPS) is 17.4. The number of likely N-dealkylation sites (tertiary alicyclic amines) is 4. The van der Waals surface area contributed by atoms with E-state index in [9.17, 15) is 17.6 Å². The van der Waals surface area contributed by atoms with Crippen molar-refractivity contribution >= 4 is 23.2 Å². The van der Waals surface area contributed by atoms with Crippen LogP contribution in [0.25, 0.3) is 0 Å². The number of hydrogen-bond donors (Lipinski definition) is 0. The lowest BCUT2D eigenvalue weighted by Gasteiger charge is -2.27. The third-order valence-corrected chi connectivity index (χ3v) is 24.6. The van der Waals surface area contributed by atoms with Crippen LogP contribution < -0.4 is 14.2 Å². The molecule has 12 aromatic rings. The summed E-state index contributed by atoms with van der Waals surface area (Å²) < 4.78 is 95.4. The number of rotatable bonds is 35. The number of halogens is 6. The summed E-state index contributed by atoms with van der Waals surface area (Å²) >= 11 is 12.2. The van der Waals surface area contributed by atoms with Crippen molar-refractivity contribution < 1.29 is 50.7 Å². The number of benzene rings is 12. The fourth-order valence-corrected chi connectivity index (χ4v) is 17.4. The molecule has 0 bridgehead atoms. The van der Waals surface area contributed by atoms with Crippen LogP contribution in [0, 0.1) is 23.3 Å². The predicted molar refractivity (Wildman–Crippen MR) is 491 cm³/mol. The van der Waals surface area contributed by atoms with Gasteiger partial charge in [-0.1, -0.05) is 229 Å². The quantitative estimate of drug-likeness (QED) is 0.0357. The molecule has 0 radical (unpaired) electrons. The maximum Gasteiger partial charge on any atom is 0.123 e. The zero-order chi connectivity index (χ0) is 86.0. The lowest BCUT2D eigenvalue weighted by Crippen LogP contribution is -2.35. The maximum atomic E-state index is 13.5. The molecule has 0 aromatic heterocycles. The fourth-order valence-electron chi connectivity index (χ4n) is 17.2. The van der Waals surface area contributed by atoms with Crippen LogP contribution in [-0.2, 0) is 44.6 Å². The van der Waals surface area contributed by atoms with Gasteiger partial charge in [0.2, 0.25) is 0 Å². The zero-order valence-electron chi connectivity index (χ0n) is 71.4. The highest BCUT2D eigenvalue weighted by Gasteiger charge is 2.32. The molecule has 12 aromatic carbocycles. The van der Waals surface area contributed by atoms with Crippen LogP contribution in [0.15, 0.2) is 309 Å². The van der Waals surface area contributed by atoms with Crippen LogP contribution in [-0.4, -0.2) is 144 Å². The SMILES string of the molecule is COc1ccc(CCN2CCC[C@H]2COC(c2ccc(F)cc2)c2ccc(F)cc2)cc1.COc1ccc(CCN2CCC[C@H]2COC(c2ccccc2)c2ccc(F)cc2)cc1.COc1ccccc1CCN1CCC[C@H]1COC(c1ccccc1)c1ccc(Cl)cc1.Fc1ccc(CCN2CCC[C@H]2COC(c2ccccc2)c2ccc(Cl)cc2)cc1. The van der Waals surface area contributed by atoms with E-state index in [1.807, 2.05) is 140 Å². The predicted octanol–water partition coefficient (Wildman–Crippen LogP) is 23.9. The second kappa shape index (κ2) is 48.5. The molecule has 4 aliphatic rings. The maximum absolute atomic E-state index is 13.5. The lowest BCUT2D eigenvalue weighted by molar-refractivity contribution is 0.0380. The average molecular weight is 1720 g/mol. The molecule has 3 unspecified atom stereocenters. The smallest absolute Gasteiger partial charge is 0.123 e. The molecule has 4 saturated heterocycles. The standard InChI is InChI=1S/C27H30ClNO2.C27H29F2NO2.C27H30FNO2.C26H27ClFNO/c1-30-26-12-6-5-8-21(26)17-19-29-18-7-11-25(29)20-31-27(22-9-3-2-4-10-22)23-13-15-24(28)16-14-23;1-31-26-14-4-20(5-15-26)16-18-30-17-2-3-25(30)19-32-27(21-6-10-23(28)11-7-21)22-8-12-24(29)13-9-22;1-30-26-15-9-21(10-16-26)17-19-29-18-5-8-25(29)20-31-27(22-6-3-2-4-7-22)23-11-13-24(28)14-12-23;27-23-12-10-22(11-13-23)26(21-5-2-1-3-6-21)30-19-25-7-4-17-29(25)18-16-20-8-14-24(28)15-9-20/h2-6,8-10,12-16,25,27H,7,11,17-20H2,1H3;4-15,25,27H,2-3,16-19H2,1H3;2-4,6-7,9-16,25,27H,5,8,17-20H2,1H3;1-3,5-6,8-15,25-26H,4,7,16-19H2/t25-,27?;25-;25-,27?;25-,26?/m0000/s1. The van der Waals surface area contributed by atoms with Gasteiger partial charge in [0.25, 0.3) is 0 Å². The van der Waals surface area contributed by atoms with Crippen molar-refractivity contribution in [3.8, 4) is 17.2 Å². The van der Waals surface area contributed by atoms with Gasteiger partial charge in [0.1, 0.15) is 64.9 Å². The summed E-state index contributed by atoms with van der Waals surface area (Å²) in [6, 6.07) is 99.5. The Bertz CT molecular complexity index is 5000. The minimum atomic E-state index is -0.361. The van der Waals surface area contributed by atoms with E-state index in [1.54, 1.807) is 45.6 Å². The first-order valence-corrected chi connectivity index (χ1v) is 44.5. The van der Waals surface area contributed by atoms with Crippen LogP contribution in [0.2, 0.25) is 10.0 Å². The molecule has 0 saturated carbocycles. The number of para-hydroxylation sites is 1. The molecule has 4 aliphatic heterocycles. The second-order valence-electron chi connectivity index (χ2n) is 32.3. The summed E-state index contributed by atoms with van der Waals surface area (Å²) in [6.07, 6.45) is 12.5. The van der Waals surface area contributed by atoms with Gasteiger partial charge in [-0.25, -0.2) is 17.6 Å². The first-order valence-electron chi connectivity index (χ1n) is 43.8. The van der Waals surface area contributed by atoms with Gasteiger partial charge in [-0.2, -0.15) is 0 Å². The van der Waals surface area contributed by atoms with Crippen molar-refractivity contribution in [3.63, 3.8) is 0 Å². The molecule has 0 spiro atoms. The Morgan fingerprint density at radius 3 is 0.798 bits per heavy atom. The summed E-state index contributed by atoms with van der Waals surface area (Å²) in [7, 11) is 5.11. The summed E-state index contributed by atoms with van der Waals surface area (Å²) in [4.78, 5) is 10.1. The number of hydrogen-bond acceptors (Lipinski definition) is 11. The van der Waals surface area contributed by atoms with E-state index in [4.69, 9.17) is 56.4 Å². The average Bonchev–Trinajstić information content (AvgIpc) is 1.17. The van der Waals surface area contributed by atoms with Gasteiger partial charge < -0.3 is 33.2 Å². The van der Waals surface area contributed by atoms with Crippen molar-refractivity contribution in [2.24, 2.45) is 0 Å². The Balaban J connectivity index is 0.000000142.